The summed E-state index contributed by atoms with van der Waals surface area (Å²) < 4.78 is 0.916. The standard InChI is InChI=1S/C15H18N4O4/c1-10-4-2-3-5-13(10)17-14(20)9-18-8-12(19(22)23)6-11(7-16)15(18)21/h6,8,10,13H,2-5,9H2,1H3,(H,17,20)/t10-,13+/m0/s1. The van der Waals surface area contributed by atoms with E-state index in [1.807, 2.05) is 0 Å². The maximum absolute atomic E-state index is 12.1. The summed E-state index contributed by atoms with van der Waals surface area (Å²) in [6.45, 7) is 1.73. The van der Waals surface area contributed by atoms with Gasteiger partial charge in [-0.25, -0.2) is 0 Å². The molecule has 1 aliphatic carbocycles. The number of aromatic nitrogens is 1. The fourth-order valence-electron chi connectivity index (χ4n) is 2.86. The van der Waals surface area contributed by atoms with Crippen LogP contribution in [0.5, 0.6) is 0 Å². The molecule has 0 aromatic carbocycles. The van der Waals surface area contributed by atoms with E-state index in [1.165, 1.54) is 0 Å². The molecule has 0 unspecified atom stereocenters. The molecule has 0 aliphatic heterocycles. The van der Waals surface area contributed by atoms with Gasteiger partial charge in [-0.05, 0) is 18.8 Å². The monoisotopic (exact) mass is 318 g/mol. The Bertz CT molecular complexity index is 719. The third kappa shape index (κ3) is 3.94. The summed E-state index contributed by atoms with van der Waals surface area (Å²) in [6.07, 6.45) is 5.11. The molecule has 8 heteroatoms. The van der Waals surface area contributed by atoms with Crippen molar-refractivity contribution >= 4 is 11.6 Å². The Morgan fingerprint density at radius 2 is 2.22 bits per heavy atom. The Labute approximate surface area is 132 Å². The maximum atomic E-state index is 12.1. The van der Waals surface area contributed by atoms with E-state index in [-0.39, 0.29) is 29.7 Å². The molecular formula is C15H18N4O4. The van der Waals surface area contributed by atoms with Crippen molar-refractivity contribution in [3.05, 3.63) is 38.3 Å². The smallest absolute Gasteiger partial charge is 0.287 e. The van der Waals surface area contributed by atoms with Gasteiger partial charge in [-0.1, -0.05) is 19.8 Å². The summed E-state index contributed by atoms with van der Waals surface area (Å²) in [5.74, 6) is -0.0144. The van der Waals surface area contributed by atoms with Crippen LogP contribution in [-0.2, 0) is 11.3 Å². The predicted molar refractivity (Wildman–Crippen MR) is 81.6 cm³/mol. The number of amides is 1. The minimum Gasteiger partial charge on any atom is -0.352 e. The SMILES string of the molecule is C[C@H]1CCCC[C@H]1NC(=O)Cn1cc([N+](=O)[O-])cc(C#N)c1=O. The molecule has 1 saturated carbocycles. The second-order valence-corrected chi connectivity index (χ2v) is 5.85. The zero-order valence-corrected chi connectivity index (χ0v) is 12.8. The molecule has 23 heavy (non-hydrogen) atoms. The molecule has 2 rings (SSSR count). The number of pyridine rings is 1. The minimum absolute atomic E-state index is 0.0566. The lowest BCUT2D eigenvalue weighted by molar-refractivity contribution is -0.385. The third-order valence-corrected chi connectivity index (χ3v) is 4.17. The summed E-state index contributed by atoms with van der Waals surface area (Å²) in [4.78, 5) is 34.3. The highest BCUT2D eigenvalue weighted by Gasteiger charge is 2.23. The average Bonchev–Trinajstić information content (AvgIpc) is 2.51. The molecule has 0 saturated heterocycles. The second kappa shape index (κ2) is 7.05. The van der Waals surface area contributed by atoms with Crippen LogP contribution in [0.15, 0.2) is 17.1 Å². The van der Waals surface area contributed by atoms with Gasteiger partial charge in [0.15, 0.2) is 0 Å². The van der Waals surface area contributed by atoms with E-state index in [4.69, 9.17) is 5.26 Å². The summed E-state index contributed by atoms with van der Waals surface area (Å²) >= 11 is 0. The summed E-state index contributed by atoms with van der Waals surface area (Å²) in [5, 5.41) is 22.6. The molecule has 1 aromatic heterocycles. The molecule has 8 nitrogen and oxygen atoms in total. The highest BCUT2D eigenvalue weighted by atomic mass is 16.6. The van der Waals surface area contributed by atoms with Crippen LogP contribution < -0.4 is 10.9 Å². The van der Waals surface area contributed by atoms with Gasteiger partial charge in [-0.3, -0.25) is 24.3 Å². The van der Waals surface area contributed by atoms with Crippen molar-refractivity contribution in [3.8, 4) is 6.07 Å². The van der Waals surface area contributed by atoms with Gasteiger partial charge in [0, 0.05) is 12.1 Å². The van der Waals surface area contributed by atoms with Crippen molar-refractivity contribution in [1.82, 2.24) is 9.88 Å². The molecule has 1 heterocycles. The minimum atomic E-state index is -0.704. The van der Waals surface area contributed by atoms with Crippen molar-refractivity contribution in [2.45, 2.75) is 45.2 Å². The van der Waals surface area contributed by atoms with Gasteiger partial charge in [0.05, 0.1) is 11.1 Å². The van der Waals surface area contributed by atoms with Gasteiger partial charge in [-0.2, -0.15) is 5.26 Å². The normalized spacial score (nSPS) is 20.5. The van der Waals surface area contributed by atoms with Crippen LogP contribution in [0.4, 0.5) is 5.69 Å². The van der Waals surface area contributed by atoms with Crippen LogP contribution >= 0.6 is 0 Å². The fourth-order valence-corrected chi connectivity index (χ4v) is 2.86. The Morgan fingerprint density at radius 1 is 1.52 bits per heavy atom. The first-order valence-corrected chi connectivity index (χ1v) is 7.50. The number of carbonyl (C=O) groups is 1. The number of nitro groups is 1. The fraction of sp³-hybridized carbons (Fsp3) is 0.533. The number of carbonyl (C=O) groups excluding carboxylic acids is 1. The van der Waals surface area contributed by atoms with Crippen LogP contribution in [0.25, 0.3) is 0 Å². The number of nitriles is 1. The number of hydrogen-bond donors (Lipinski definition) is 1. The van der Waals surface area contributed by atoms with Crippen molar-refractivity contribution in [1.29, 1.82) is 5.26 Å². The summed E-state index contributed by atoms with van der Waals surface area (Å²) in [6, 6.07) is 2.60. The van der Waals surface area contributed by atoms with Gasteiger partial charge >= 0.3 is 0 Å². The Morgan fingerprint density at radius 3 is 2.83 bits per heavy atom. The Kier molecular flexibility index (Phi) is 5.11. The van der Waals surface area contributed by atoms with E-state index < -0.39 is 10.5 Å². The lowest BCUT2D eigenvalue weighted by Gasteiger charge is -2.29. The van der Waals surface area contributed by atoms with E-state index in [2.05, 4.69) is 12.2 Å². The van der Waals surface area contributed by atoms with Crippen molar-refractivity contribution in [2.24, 2.45) is 5.92 Å². The van der Waals surface area contributed by atoms with Gasteiger partial charge in [0.1, 0.15) is 18.2 Å². The van der Waals surface area contributed by atoms with Crippen LogP contribution in [0.2, 0.25) is 0 Å². The van der Waals surface area contributed by atoms with E-state index in [1.54, 1.807) is 6.07 Å². The van der Waals surface area contributed by atoms with Crippen molar-refractivity contribution < 1.29 is 9.72 Å². The zero-order valence-electron chi connectivity index (χ0n) is 12.8. The highest BCUT2D eigenvalue weighted by molar-refractivity contribution is 5.76. The van der Waals surface area contributed by atoms with Gasteiger partial charge in [0.25, 0.3) is 11.2 Å². The molecule has 1 amide bonds. The average molecular weight is 318 g/mol. The van der Waals surface area contributed by atoms with E-state index >= 15 is 0 Å². The van der Waals surface area contributed by atoms with Crippen LogP contribution in [-0.4, -0.2) is 21.4 Å². The number of hydrogen-bond acceptors (Lipinski definition) is 5. The quantitative estimate of drug-likeness (QED) is 0.663. The highest BCUT2D eigenvalue weighted by Crippen LogP contribution is 2.23. The predicted octanol–water partition coefficient (Wildman–Crippen LogP) is 1.32. The number of nitrogens with zero attached hydrogens (tertiary/aromatic N) is 3. The molecule has 2 atom stereocenters. The first-order valence-electron chi connectivity index (χ1n) is 7.50. The summed E-state index contributed by atoms with van der Waals surface area (Å²) in [7, 11) is 0. The first kappa shape index (κ1) is 16.7. The molecule has 1 aromatic rings. The van der Waals surface area contributed by atoms with Gasteiger partial charge in [0.2, 0.25) is 5.91 Å². The van der Waals surface area contributed by atoms with E-state index in [0.29, 0.717) is 5.92 Å². The Balaban J connectivity index is 2.17. The summed E-state index contributed by atoms with van der Waals surface area (Å²) in [5.41, 5.74) is -1.44. The second-order valence-electron chi connectivity index (χ2n) is 5.85. The maximum Gasteiger partial charge on any atom is 0.287 e. The van der Waals surface area contributed by atoms with Crippen LogP contribution in [0.3, 0.4) is 0 Å². The molecule has 1 fully saturated rings. The Hall–Kier alpha value is -2.69. The van der Waals surface area contributed by atoms with Crippen molar-refractivity contribution in [3.63, 3.8) is 0 Å². The van der Waals surface area contributed by atoms with Crippen LogP contribution in [0.1, 0.15) is 38.2 Å². The number of nitrogens with one attached hydrogen (secondary N) is 1. The molecule has 0 spiro atoms. The molecular weight excluding hydrogens is 300 g/mol. The zero-order chi connectivity index (χ0) is 17.0. The number of rotatable bonds is 4. The van der Waals surface area contributed by atoms with Crippen molar-refractivity contribution in [2.75, 3.05) is 0 Å². The molecule has 1 aliphatic rings. The first-order chi connectivity index (χ1) is 10.9. The molecule has 0 bridgehead atoms. The largest absolute Gasteiger partial charge is 0.352 e. The van der Waals surface area contributed by atoms with Crippen LogP contribution in [0, 0.1) is 27.4 Å². The third-order valence-electron chi connectivity index (χ3n) is 4.17. The lowest BCUT2D eigenvalue weighted by Crippen LogP contribution is -2.43. The van der Waals surface area contributed by atoms with Gasteiger partial charge in [-0.15, -0.1) is 0 Å². The van der Waals surface area contributed by atoms with Gasteiger partial charge < -0.3 is 5.32 Å². The molecule has 122 valence electrons. The molecule has 1 N–H and O–H groups in total. The van der Waals surface area contributed by atoms with E-state index in [0.717, 1.165) is 42.5 Å². The lowest BCUT2D eigenvalue weighted by atomic mass is 9.86. The topological polar surface area (TPSA) is 118 Å². The van der Waals surface area contributed by atoms with E-state index in [9.17, 15) is 19.7 Å². The molecule has 0 radical (unpaired) electrons.